The number of carbonyl (C=O) groups excluding carboxylic acids is 1. The van der Waals surface area contributed by atoms with E-state index in [2.05, 4.69) is 19.7 Å². The van der Waals surface area contributed by atoms with Crippen LogP contribution in [-0.2, 0) is 9.53 Å². The molecule has 0 atom stereocenters. The van der Waals surface area contributed by atoms with Crippen LogP contribution in [0.2, 0.25) is 0 Å². The van der Waals surface area contributed by atoms with Crippen molar-refractivity contribution < 1.29 is 9.53 Å². The Labute approximate surface area is 84.6 Å². The second kappa shape index (κ2) is 6.66. The summed E-state index contributed by atoms with van der Waals surface area (Å²) < 4.78 is 4.97. The lowest BCUT2D eigenvalue weighted by Gasteiger charge is -2.05. The van der Waals surface area contributed by atoms with Gasteiger partial charge in [0.25, 0.3) is 0 Å². The van der Waals surface area contributed by atoms with Crippen LogP contribution < -0.4 is 0 Å². The molecule has 0 aliphatic carbocycles. The van der Waals surface area contributed by atoms with Crippen molar-refractivity contribution in [2.75, 3.05) is 0 Å². The highest BCUT2D eigenvalue weighted by Gasteiger charge is 2.03. The minimum atomic E-state index is -0.491. The number of hydrogen-bond acceptors (Lipinski definition) is 2. The van der Waals surface area contributed by atoms with Crippen LogP contribution in [0.4, 0.5) is 0 Å². The van der Waals surface area contributed by atoms with Crippen LogP contribution in [0, 0.1) is 0 Å². The maximum atomic E-state index is 10.9. The molecule has 0 fully saturated rings. The molecule has 0 rings (SSSR count). The molecule has 0 saturated carbocycles. The molecule has 0 aromatic carbocycles. The predicted molar refractivity (Wildman–Crippen MR) is 58.5 cm³/mol. The van der Waals surface area contributed by atoms with Gasteiger partial charge in [0.15, 0.2) is 0 Å². The molecule has 0 aliphatic heterocycles. The molecule has 0 heterocycles. The summed E-state index contributed by atoms with van der Waals surface area (Å²) in [5.41, 5.74) is 0.801. The second-order valence-electron chi connectivity index (χ2n) is 2.48. The van der Waals surface area contributed by atoms with E-state index in [1.54, 1.807) is 24.3 Å². The van der Waals surface area contributed by atoms with Crippen molar-refractivity contribution in [1.82, 2.24) is 0 Å². The Kier molecular flexibility index (Phi) is 5.79. The van der Waals surface area contributed by atoms with Crippen molar-refractivity contribution >= 4 is 5.97 Å². The molecular weight excluding hydrogens is 176 g/mol. The summed E-state index contributed by atoms with van der Waals surface area (Å²) in [6.45, 7) is 12.2. The fourth-order valence-corrected chi connectivity index (χ4v) is 0.762. The highest BCUT2D eigenvalue weighted by Crippen LogP contribution is 2.11. The van der Waals surface area contributed by atoms with Gasteiger partial charge in [-0.25, -0.2) is 4.79 Å². The first-order valence-corrected chi connectivity index (χ1v) is 4.12. The monoisotopic (exact) mass is 190 g/mol. The van der Waals surface area contributed by atoms with E-state index in [1.165, 1.54) is 0 Å². The molecule has 2 heteroatoms. The quantitative estimate of drug-likeness (QED) is 0.288. The van der Waals surface area contributed by atoms with Crippen molar-refractivity contribution in [2.24, 2.45) is 0 Å². The molecular formula is C12H14O2. The molecule has 14 heavy (non-hydrogen) atoms. The molecule has 2 nitrogen and oxygen atoms in total. The molecule has 0 N–H and O–H groups in total. The third kappa shape index (κ3) is 4.26. The fraction of sp³-hybridized carbons (Fsp3) is 0.0833. The van der Waals surface area contributed by atoms with E-state index in [0.29, 0.717) is 5.76 Å². The third-order valence-electron chi connectivity index (χ3n) is 1.40. The number of hydrogen-bond donors (Lipinski definition) is 0. The highest BCUT2D eigenvalue weighted by atomic mass is 16.5. The van der Waals surface area contributed by atoms with Gasteiger partial charge in [0.1, 0.15) is 5.76 Å². The maximum Gasteiger partial charge on any atom is 0.335 e. The standard InChI is InChI=1S/C12H14O2/c1-5-8-10(4)11(9-6-2)14-12(13)7-3/h5-9H,1-3H2,4H3/b10-8-,11-9+. The van der Waals surface area contributed by atoms with Gasteiger partial charge in [-0.2, -0.15) is 0 Å². The molecule has 0 aromatic heterocycles. The SMILES string of the molecule is C=C/C=C(C)\C(=C/C=C)OC(=O)C=C. The number of allylic oxidation sites excluding steroid dienone is 5. The molecule has 0 amide bonds. The first kappa shape index (κ1) is 12.2. The van der Waals surface area contributed by atoms with Crippen LogP contribution in [0.25, 0.3) is 0 Å². The first-order chi connectivity index (χ1) is 6.65. The minimum Gasteiger partial charge on any atom is -0.423 e. The maximum absolute atomic E-state index is 10.9. The molecule has 0 bridgehead atoms. The van der Waals surface area contributed by atoms with Gasteiger partial charge in [-0.1, -0.05) is 38.0 Å². The largest absolute Gasteiger partial charge is 0.423 e. The summed E-state index contributed by atoms with van der Waals surface area (Å²) in [6.07, 6.45) is 7.63. The normalized spacial score (nSPS) is 11.8. The van der Waals surface area contributed by atoms with Crippen LogP contribution in [0.15, 0.2) is 61.4 Å². The summed E-state index contributed by atoms with van der Waals surface area (Å²) in [5.74, 6) is -0.0419. The smallest absolute Gasteiger partial charge is 0.335 e. The summed E-state index contributed by atoms with van der Waals surface area (Å²) >= 11 is 0. The molecule has 0 aromatic rings. The molecule has 0 saturated heterocycles. The molecule has 74 valence electrons. The van der Waals surface area contributed by atoms with Crippen LogP contribution in [0.3, 0.4) is 0 Å². The lowest BCUT2D eigenvalue weighted by molar-refractivity contribution is -0.133. The summed E-state index contributed by atoms with van der Waals surface area (Å²) in [5, 5.41) is 0. The Hall–Kier alpha value is -1.83. The van der Waals surface area contributed by atoms with Gasteiger partial charge in [-0.15, -0.1) is 0 Å². The van der Waals surface area contributed by atoms with E-state index in [0.717, 1.165) is 11.6 Å². The summed E-state index contributed by atoms with van der Waals surface area (Å²) in [7, 11) is 0. The van der Waals surface area contributed by atoms with Crippen molar-refractivity contribution in [3.63, 3.8) is 0 Å². The summed E-state index contributed by atoms with van der Waals surface area (Å²) in [4.78, 5) is 10.9. The van der Waals surface area contributed by atoms with Gasteiger partial charge < -0.3 is 4.74 Å². The van der Waals surface area contributed by atoms with E-state index in [9.17, 15) is 4.79 Å². The van der Waals surface area contributed by atoms with Crippen LogP contribution in [0.1, 0.15) is 6.92 Å². The van der Waals surface area contributed by atoms with Crippen LogP contribution in [-0.4, -0.2) is 5.97 Å². The Morgan fingerprint density at radius 1 is 1.14 bits per heavy atom. The van der Waals surface area contributed by atoms with E-state index in [-0.39, 0.29) is 0 Å². The third-order valence-corrected chi connectivity index (χ3v) is 1.40. The van der Waals surface area contributed by atoms with Gasteiger partial charge in [0, 0.05) is 6.08 Å². The predicted octanol–water partition coefficient (Wildman–Crippen LogP) is 2.92. The minimum absolute atomic E-state index is 0.449. The lowest BCUT2D eigenvalue weighted by Crippen LogP contribution is -2.01. The van der Waals surface area contributed by atoms with E-state index in [4.69, 9.17) is 4.74 Å². The zero-order valence-electron chi connectivity index (χ0n) is 8.32. The Morgan fingerprint density at radius 2 is 1.71 bits per heavy atom. The Morgan fingerprint density at radius 3 is 2.14 bits per heavy atom. The number of carbonyl (C=O) groups is 1. The van der Waals surface area contributed by atoms with Gasteiger partial charge >= 0.3 is 5.97 Å². The van der Waals surface area contributed by atoms with Gasteiger partial charge in [0.05, 0.1) is 0 Å². The van der Waals surface area contributed by atoms with Gasteiger partial charge in [0.2, 0.25) is 0 Å². The Balaban J connectivity index is 4.78. The van der Waals surface area contributed by atoms with Gasteiger partial charge in [-0.3, -0.25) is 0 Å². The number of esters is 1. The van der Waals surface area contributed by atoms with Crippen LogP contribution >= 0.6 is 0 Å². The van der Waals surface area contributed by atoms with E-state index >= 15 is 0 Å². The molecule has 0 radical (unpaired) electrons. The fourth-order valence-electron chi connectivity index (χ4n) is 0.762. The topological polar surface area (TPSA) is 26.3 Å². The first-order valence-electron chi connectivity index (χ1n) is 4.12. The molecule has 0 spiro atoms. The van der Waals surface area contributed by atoms with Crippen molar-refractivity contribution in [1.29, 1.82) is 0 Å². The summed E-state index contributed by atoms with van der Waals surface area (Å²) in [6, 6.07) is 0. The van der Waals surface area contributed by atoms with E-state index < -0.39 is 5.97 Å². The number of ether oxygens (including phenoxy) is 1. The van der Waals surface area contributed by atoms with Crippen molar-refractivity contribution in [2.45, 2.75) is 6.92 Å². The second-order valence-corrected chi connectivity index (χ2v) is 2.48. The van der Waals surface area contributed by atoms with Crippen LogP contribution in [0.5, 0.6) is 0 Å². The average Bonchev–Trinajstić information content (AvgIpc) is 2.17. The van der Waals surface area contributed by atoms with Gasteiger partial charge in [-0.05, 0) is 18.6 Å². The molecule has 0 unspecified atom stereocenters. The lowest BCUT2D eigenvalue weighted by atomic mass is 10.2. The molecule has 0 aliphatic rings. The van der Waals surface area contributed by atoms with Crippen molar-refractivity contribution in [3.8, 4) is 0 Å². The average molecular weight is 190 g/mol. The van der Waals surface area contributed by atoms with Crippen molar-refractivity contribution in [3.05, 3.63) is 61.4 Å². The number of rotatable bonds is 5. The Bertz CT molecular complexity index is 306. The zero-order valence-corrected chi connectivity index (χ0v) is 8.32. The highest BCUT2D eigenvalue weighted by molar-refractivity contribution is 5.82. The van der Waals surface area contributed by atoms with E-state index in [1.807, 2.05) is 6.92 Å². The zero-order chi connectivity index (χ0) is 11.0.